The van der Waals surface area contributed by atoms with Gasteiger partial charge in [-0.25, -0.2) is 9.59 Å². The molecule has 3 aromatic rings. The summed E-state index contributed by atoms with van der Waals surface area (Å²) in [5, 5.41) is 12.3. The van der Waals surface area contributed by atoms with Crippen LogP contribution in [0.5, 0.6) is 0 Å². The third kappa shape index (κ3) is 3.45. The maximum absolute atomic E-state index is 12.9. The first-order valence-corrected chi connectivity index (χ1v) is 10.9. The smallest absolute Gasteiger partial charge is 0.317 e. The average molecular weight is 477 g/mol. The summed E-state index contributed by atoms with van der Waals surface area (Å²) in [6.07, 6.45) is 0. The van der Waals surface area contributed by atoms with Gasteiger partial charge in [-0.05, 0) is 28.8 Å². The molecule has 0 saturated carbocycles. The van der Waals surface area contributed by atoms with Crippen LogP contribution in [0, 0.1) is 5.92 Å². The van der Waals surface area contributed by atoms with Gasteiger partial charge in [0.2, 0.25) is 0 Å². The summed E-state index contributed by atoms with van der Waals surface area (Å²) in [6, 6.07) is 26.1. The molecule has 0 unspecified atom stereocenters. The molecular formula is C24H21BrN4O2. The van der Waals surface area contributed by atoms with Crippen LogP contribution >= 0.6 is 15.9 Å². The van der Waals surface area contributed by atoms with Gasteiger partial charge >= 0.3 is 12.1 Å². The van der Waals surface area contributed by atoms with Crippen LogP contribution in [-0.4, -0.2) is 12.1 Å². The minimum Gasteiger partial charge on any atom is -0.331 e. The fourth-order valence-corrected chi connectivity index (χ4v) is 5.00. The zero-order chi connectivity index (χ0) is 21.4. The van der Waals surface area contributed by atoms with Crippen LogP contribution in [0.15, 0.2) is 89.4 Å². The molecule has 5 rings (SSSR count). The Kier molecular flexibility index (Phi) is 4.90. The van der Waals surface area contributed by atoms with E-state index in [4.69, 9.17) is 0 Å². The molecule has 2 aliphatic rings. The number of hydrogen-bond acceptors (Lipinski definition) is 2. The Morgan fingerprint density at radius 2 is 1.10 bits per heavy atom. The fourth-order valence-electron chi connectivity index (χ4n) is 4.73. The van der Waals surface area contributed by atoms with Crippen molar-refractivity contribution in [3.63, 3.8) is 0 Å². The standard InChI is InChI=1S/C24H21BrN4O2/c25-18-13-11-17(12-14-18)24-19(20(26-22(30)28-24)15-7-3-1-4-8-15)21(27-23(31)29-24)16-9-5-2-6-10-16/h1-14,19-21H,(H2,26,28,30)(H2,27,29,31)/t19?,20-,21-,24?/m0/s1. The van der Waals surface area contributed by atoms with Gasteiger partial charge in [-0.15, -0.1) is 0 Å². The highest BCUT2D eigenvalue weighted by Gasteiger charge is 2.57. The number of fused-ring (bicyclic) bond motifs is 1. The number of urea groups is 2. The minimum atomic E-state index is -1.09. The number of benzene rings is 3. The first-order chi connectivity index (χ1) is 15.1. The van der Waals surface area contributed by atoms with Gasteiger partial charge in [0.1, 0.15) is 5.66 Å². The van der Waals surface area contributed by atoms with Gasteiger partial charge in [-0.2, -0.15) is 0 Å². The summed E-state index contributed by atoms with van der Waals surface area (Å²) < 4.78 is 0.920. The van der Waals surface area contributed by atoms with Crippen LogP contribution < -0.4 is 21.3 Å². The zero-order valence-electron chi connectivity index (χ0n) is 16.5. The summed E-state index contributed by atoms with van der Waals surface area (Å²) in [6.45, 7) is 0. The molecule has 0 bridgehead atoms. The van der Waals surface area contributed by atoms with Crippen molar-refractivity contribution in [2.45, 2.75) is 17.7 Å². The highest BCUT2D eigenvalue weighted by atomic mass is 79.9. The maximum atomic E-state index is 12.9. The van der Waals surface area contributed by atoms with E-state index in [1.165, 1.54) is 0 Å². The quantitative estimate of drug-likeness (QED) is 0.453. The van der Waals surface area contributed by atoms with E-state index < -0.39 is 5.66 Å². The average Bonchev–Trinajstić information content (AvgIpc) is 2.79. The van der Waals surface area contributed by atoms with Gasteiger partial charge in [-0.3, -0.25) is 0 Å². The van der Waals surface area contributed by atoms with E-state index in [1.807, 2.05) is 84.9 Å². The maximum Gasteiger partial charge on any atom is 0.317 e. The molecule has 0 aliphatic carbocycles. The summed E-state index contributed by atoms with van der Waals surface area (Å²) in [5.41, 5.74) is 1.67. The monoisotopic (exact) mass is 476 g/mol. The molecule has 2 heterocycles. The topological polar surface area (TPSA) is 82.3 Å². The van der Waals surface area contributed by atoms with Gasteiger partial charge in [0.15, 0.2) is 0 Å². The number of rotatable bonds is 3. The molecule has 156 valence electrons. The van der Waals surface area contributed by atoms with Crippen molar-refractivity contribution >= 4 is 28.0 Å². The summed E-state index contributed by atoms with van der Waals surface area (Å²) in [4.78, 5) is 25.8. The molecule has 6 nitrogen and oxygen atoms in total. The van der Waals surface area contributed by atoms with Crippen molar-refractivity contribution in [3.05, 3.63) is 106 Å². The Morgan fingerprint density at radius 3 is 1.55 bits per heavy atom. The lowest BCUT2D eigenvalue weighted by atomic mass is 9.70. The molecule has 4 amide bonds. The number of nitrogens with one attached hydrogen (secondary N) is 4. The van der Waals surface area contributed by atoms with Crippen LogP contribution in [-0.2, 0) is 5.66 Å². The molecule has 2 saturated heterocycles. The van der Waals surface area contributed by atoms with Crippen LogP contribution in [0.2, 0.25) is 0 Å². The predicted molar refractivity (Wildman–Crippen MR) is 121 cm³/mol. The van der Waals surface area contributed by atoms with Crippen LogP contribution in [0.3, 0.4) is 0 Å². The van der Waals surface area contributed by atoms with Crippen molar-refractivity contribution < 1.29 is 9.59 Å². The molecule has 2 fully saturated rings. The third-order valence-electron chi connectivity index (χ3n) is 6.03. The van der Waals surface area contributed by atoms with Crippen LogP contribution in [0.1, 0.15) is 28.8 Å². The Hall–Kier alpha value is -3.32. The molecule has 3 aromatic carbocycles. The van der Waals surface area contributed by atoms with E-state index in [9.17, 15) is 9.59 Å². The second kappa shape index (κ2) is 7.74. The first kappa shape index (κ1) is 19.6. The molecule has 0 spiro atoms. The molecule has 31 heavy (non-hydrogen) atoms. The number of halogens is 1. The van der Waals surface area contributed by atoms with E-state index in [0.717, 1.165) is 21.2 Å². The van der Waals surface area contributed by atoms with E-state index in [-0.39, 0.29) is 30.1 Å². The molecular weight excluding hydrogens is 456 g/mol. The largest absolute Gasteiger partial charge is 0.331 e. The number of amides is 4. The predicted octanol–water partition coefficient (Wildman–Crippen LogP) is 4.33. The molecule has 0 radical (unpaired) electrons. The van der Waals surface area contributed by atoms with Crippen LogP contribution in [0.25, 0.3) is 0 Å². The minimum absolute atomic E-state index is 0.256. The fraction of sp³-hybridized carbons (Fsp3) is 0.167. The molecule has 0 aromatic heterocycles. The van der Waals surface area contributed by atoms with Crippen molar-refractivity contribution in [1.82, 2.24) is 21.3 Å². The third-order valence-corrected chi connectivity index (χ3v) is 6.56. The Morgan fingerprint density at radius 1 is 0.645 bits per heavy atom. The molecule has 4 N–H and O–H groups in total. The lowest BCUT2D eigenvalue weighted by Crippen LogP contribution is -2.75. The highest BCUT2D eigenvalue weighted by molar-refractivity contribution is 9.10. The van der Waals surface area contributed by atoms with E-state index in [0.29, 0.717) is 0 Å². The molecule has 2 aliphatic heterocycles. The summed E-state index contributed by atoms with van der Waals surface area (Å²) in [5.74, 6) is -0.256. The molecule has 7 heteroatoms. The van der Waals surface area contributed by atoms with Crippen molar-refractivity contribution in [1.29, 1.82) is 0 Å². The number of carbonyl (C=O) groups excluding carboxylic acids is 2. The van der Waals surface area contributed by atoms with Gasteiger partial charge in [-0.1, -0.05) is 88.7 Å². The Labute approximate surface area is 188 Å². The second-order valence-corrected chi connectivity index (χ2v) is 8.73. The first-order valence-electron chi connectivity index (χ1n) is 10.1. The van der Waals surface area contributed by atoms with E-state index >= 15 is 0 Å². The SMILES string of the molecule is O=C1N[C@@H](c2ccccc2)C2[C@H](c3ccccc3)NC(=O)NC2(c2ccc(Br)cc2)N1. The zero-order valence-corrected chi connectivity index (χ0v) is 18.1. The van der Waals surface area contributed by atoms with Gasteiger partial charge in [0, 0.05) is 4.47 Å². The van der Waals surface area contributed by atoms with Gasteiger partial charge < -0.3 is 21.3 Å². The Bertz CT molecular complexity index is 1040. The van der Waals surface area contributed by atoms with Gasteiger partial charge in [0.25, 0.3) is 0 Å². The normalized spacial score (nSPS) is 27.2. The van der Waals surface area contributed by atoms with E-state index in [1.54, 1.807) is 0 Å². The van der Waals surface area contributed by atoms with Crippen LogP contribution in [0.4, 0.5) is 9.59 Å². The number of carbonyl (C=O) groups is 2. The highest BCUT2D eigenvalue weighted by Crippen LogP contribution is 2.47. The summed E-state index contributed by atoms with van der Waals surface area (Å²) in [7, 11) is 0. The molecule has 2 atom stereocenters. The lowest BCUT2D eigenvalue weighted by molar-refractivity contribution is 0.0557. The van der Waals surface area contributed by atoms with Crippen molar-refractivity contribution in [2.75, 3.05) is 0 Å². The van der Waals surface area contributed by atoms with Crippen molar-refractivity contribution in [3.8, 4) is 0 Å². The van der Waals surface area contributed by atoms with Gasteiger partial charge in [0.05, 0.1) is 18.0 Å². The second-order valence-electron chi connectivity index (χ2n) is 7.81. The lowest BCUT2D eigenvalue weighted by Gasteiger charge is -2.54. The van der Waals surface area contributed by atoms with Crippen molar-refractivity contribution in [2.24, 2.45) is 5.92 Å². The Balaban J connectivity index is 1.73. The summed E-state index contributed by atoms with van der Waals surface area (Å²) >= 11 is 3.48. The number of hydrogen-bond donors (Lipinski definition) is 4. The van der Waals surface area contributed by atoms with E-state index in [2.05, 4.69) is 37.2 Å².